The molecule has 16 heavy (non-hydrogen) atoms. The third-order valence-corrected chi connectivity index (χ3v) is 3.40. The Balaban J connectivity index is 2.90. The van der Waals surface area contributed by atoms with Gasteiger partial charge in [0, 0.05) is 12.6 Å². The van der Waals surface area contributed by atoms with Gasteiger partial charge in [-0.15, -0.1) is 0 Å². The van der Waals surface area contributed by atoms with Crippen LogP contribution in [0.1, 0.15) is 24.9 Å². The Morgan fingerprint density at radius 2 is 2.00 bits per heavy atom. The van der Waals surface area contributed by atoms with E-state index >= 15 is 0 Å². The van der Waals surface area contributed by atoms with Crippen molar-refractivity contribution in [3.05, 3.63) is 33.8 Å². The van der Waals surface area contributed by atoms with Crippen molar-refractivity contribution < 1.29 is 0 Å². The topological polar surface area (TPSA) is 29.3 Å². The van der Waals surface area contributed by atoms with Gasteiger partial charge in [-0.2, -0.15) is 0 Å². The fraction of sp³-hybridized carbons (Fsp3) is 0.500. The molecule has 2 N–H and O–H groups in total. The molecule has 0 saturated carbocycles. The van der Waals surface area contributed by atoms with Crippen LogP contribution in [-0.4, -0.2) is 25.0 Å². The maximum Gasteiger partial charge on any atom is 0.0595 e. The first-order valence-corrected chi connectivity index (χ1v) is 6.21. The van der Waals surface area contributed by atoms with E-state index in [4.69, 9.17) is 28.9 Å². The van der Waals surface area contributed by atoms with Crippen molar-refractivity contribution in [2.45, 2.75) is 19.4 Å². The van der Waals surface area contributed by atoms with Crippen LogP contribution in [-0.2, 0) is 0 Å². The van der Waals surface area contributed by atoms with Crippen LogP contribution in [0.4, 0.5) is 0 Å². The van der Waals surface area contributed by atoms with Crippen molar-refractivity contribution in [1.29, 1.82) is 0 Å². The molecule has 4 heteroatoms. The zero-order chi connectivity index (χ0) is 12.1. The first kappa shape index (κ1) is 13.8. The van der Waals surface area contributed by atoms with Gasteiger partial charge in [-0.25, -0.2) is 0 Å². The third-order valence-electron chi connectivity index (χ3n) is 2.66. The number of halogens is 2. The molecule has 0 aliphatic rings. The van der Waals surface area contributed by atoms with E-state index in [9.17, 15) is 0 Å². The summed E-state index contributed by atoms with van der Waals surface area (Å²) >= 11 is 11.9. The molecule has 1 aromatic carbocycles. The number of likely N-dealkylation sites (N-methyl/N-ethyl adjacent to an activating group) is 1. The lowest BCUT2D eigenvalue weighted by molar-refractivity contribution is 0.251. The summed E-state index contributed by atoms with van der Waals surface area (Å²) in [5.74, 6) is 0. The molecular formula is C12H18Cl2N2. The van der Waals surface area contributed by atoms with E-state index in [1.807, 2.05) is 18.2 Å². The number of nitrogens with zero attached hydrogens (tertiary/aromatic N) is 1. The van der Waals surface area contributed by atoms with Gasteiger partial charge in [0.05, 0.1) is 10.0 Å². The molecule has 1 unspecified atom stereocenters. The van der Waals surface area contributed by atoms with Crippen molar-refractivity contribution >= 4 is 23.2 Å². The zero-order valence-corrected chi connectivity index (χ0v) is 11.2. The second kappa shape index (κ2) is 6.45. The number of rotatable bonds is 5. The normalized spacial score (nSPS) is 13.1. The van der Waals surface area contributed by atoms with Crippen LogP contribution < -0.4 is 5.73 Å². The van der Waals surface area contributed by atoms with Crippen molar-refractivity contribution in [1.82, 2.24) is 4.90 Å². The number of nitrogens with two attached hydrogens (primary N) is 1. The molecule has 0 fully saturated rings. The molecule has 1 aromatic rings. The molecule has 2 nitrogen and oxygen atoms in total. The lowest BCUT2D eigenvalue weighted by atomic mass is 10.1. The minimum atomic E-state index is 0.203. The molecule has 0 saturated heterocycles. The van der Waals surface area contributed by atoms with Crippen molar-refractivity contribution in [3.8, 4) is 0 Å². The quantitative estimate of drug-likeness (QED) is 0.880. The van der Waals surface area contributed by atoms with Crippen molar-refractivity contribution in [3.63, 3.8) is 0 Å². The van der Waals surface area contributed by atoms with Gasteiger partial charge in [-0.3, -0.25) is 4.90 Å². The van der Waals surface area contributed by atoms with E-state index in [-0.39, 0.29) is 6.04 Å². The lowest BCUT2D eigenvalue weighted by Crippen LogP contribution is -2.31. The van der Waals surface area contributed by atoms with Crippen LogP contribution in [0.2, 0.25) is 10.0 Å². The third kappa shape index (κ3) is 3.36. The molecule has 0 spiro atoms. The Morgan fingerprint density at radius 1 is 1.31 bits per heavy atom. The molecule has 0 aromatic heterocycles. The van der Waals surface area contributed by atoms with Gasteiger partial charge in [0.2, 0.25) is 0 Å². The summed E-state index contributed by atoms with van der Waals surface area (Å²) in [5, 5.41) is 1.17. The average molecular weight is 261 g/mol. The van der Waals surface area contributed by atoms with E-state index in [2.05, 4.69) is 18.9 Å². The molecule has 0 bridgehead atoms. The van der Waals surface area contributed by atoms with Crippen LogP contribution in [0.25, 0.3) is 0 Å². The molecule has 0 amide bonds. The van der Waals surface area contributed by atoms with E-state index in [0.717, 1.165) is 18.5 Å². The maximum absolute atomic E-state index is 6.01. The molecule has 1 atom stereocenters. The molecule has 1 rings (SSSR count). The zero-order valence-electron chi connectivity index (χ0n) is 9.71. The Hall–Kier alpha value is -0.280. The van der Waals surface area contributed by atoms with Crippen LogP contribution in [0.5, 0.6) is 0 Å². The fourth-order valence-corrected chi connectivity index (χ4v) is 2.11. The molecule has 0 heterocycles. The van der Waals surface area contributed by atoms with E-state index in [1.165, 1.54) is 0 Å². The Labute approximate surface area is 107 Å². The highest BCUT2D eigenvalue weighted by Crippen LogP contribution is 2.27. The van der Waals surface area contributed by atoms with Gasteiger partial charge in [0.15, 0.2) is 0 Å². The predicted molar refractivity (Wildman–Crippen MR) is 71.2 cm³/mol. The van der Waals surface area contributed by atoms with E-state index in [1.54, 1.807) is 0 Å². The summed E-state index contributed by atoms with van der Waals surface area (Å²) < 4.78 is 0. The monoisotopic (exact) mass is 260 g/mol. The molecule has 0 radical (unpaired) electrons. The van der Waals surface area contributed by atoms with Crippen LogP contribution in [0.3, 0.4) is 0 Å². The minimum Gasteiger partial charge on any atom is -0.329 e. The highest BCUT2D eigenvalue weighted by molar-refractivity contribution is 6.42. The first-order chi connectivity index (χ1) is 7.60. The largest absolute Gasteiger partial charge is 0.329 e. The predicted octanol–water partition coefficient (Wildman–Crippen LogP) is 3.34. The summed E-state index contributed by atoms with van der Waals surface area (Å²) in [5.41, 5.74) is 6.92. The summed E-state index contributed by atoms with van der Waals surface area (Å²) in [6, 6.07) is 5.90. The van der Waals surface area contributed by atoms with Crippen molar-refractivity contribution in [2.24, 2.45) is 5.73 Å². The molecule has 0 aliphatic heterocycles. The number of hydrogen-bond acceptors (Lipinski definition) is 2. The maximum atomic E-state index is 6.01. The van der Waals surface area contributed by atoms with E-state index in [0.29, 0.717) is 16.6 Å². The number of hydrogen-bond donors (Lipinski definition) is 1. The van der Waals surface area contributed by atoms with Crippen LogP contribution in [0, 0.1) is 0 Å². The molecular weight excluding hydrogens is 243 g/mol. The Kier molecular flexibility index (Phi) is 5.56. The number of benzene rings is 1. The molecule has 90 valence electrons. The summed E-state index contributed by atoms with van der Waals surface area (Å²) in [6.07, 6.45) is 1.11. The van der Waals surface area contributed by atoms with Gasteiger partial charge < -0.3 is 5.73 Å². The van der Waals surface area contributed by atoms with Gasteiger partial charge in [0.25, 0.3) is 0 Å². The average Bonchev–Trinajstić information content (AvgIpc) is 2.25. The second-order valence-electron chi connectivity index (χ2n) is 3.91. The highest BCUT2D eigenvalue weighted by Gasteiger charge is 2.15. The summed E-state index contributed by atoms with van der Waals surface area (Å²) in [7, 11) is 2.07. The van der Waals surface area contributed by atoms with Gasteiger partial charge in [-0.05, 0) is 37.7 Å². The van der Waals surface area contributed by atoms with Gasteiger partial charge in [0.1, 0.15) is 0 Å². The molecule has 0 aliphatic carbocycles. The SMILES string of the molecule is CCCN(C)C(CN)c1ccc(Cl)c(Cl)c1. The van der Waals surface area contributed by atoms with Gasteiger partial charge in [-0.1, -0.05) is 36.2 Å². The lowest BCUT2D eigenvalue weighted by Gasteiger charge is -2.27. The summed E-state index contributed by atoms with van der Waals surface area (Å²) in [6.45, 7) is 3.75. The highest BCUT2D eigenvalue weighted by atomic mass is 35.5. The Bertz CT molecular complexity index is 342. The van der Waals surface area contributed by atoms with Crippen LogP contribution >= 0.6 is 23.2 Å². The van der Waals surface area contributed by atoms with Gasteiger partial charge >= 0.3 is 0 Å². The second-order valence-corrected chi connectivity index (χ2v) is 4.72. The van der Waals surface area contributed by atoms with E-state index < -0.39 is 0 Å². The Morgan fingerprint density at radius 3 is 2.50 bits per heavy atom. The van der Waals surface area contributed by atoms with Crippen molar-refractivity contribution in [2.75, 3.05) is 20.1 Å². The smallest absolute Gasteiger partial charge is 0.0595 e. The summed E-state index contributed by atoms with van der Waals surface area (Å²) in [4.78, 5) is 2.24. The fourth-order valence-electron chi connectivity index (χ4n) is 1.80. The minimum absolute atomic E-state index is 0.203. The first-order valence-electron chi connectivity index (χ1n) is 5.45. The van der Waals surface area contributed by atoms with Crippen LogP contribution in [0.15, 0.2) is 18.2 Å². The standard InChI is InChI=1S/C12H18Cl2N2/c1-3-6-16(2)12(8-15)9-4-5-10(13)11(14)7-9/h4-5,7,12H,3,6,8,15H2,1-2H3.